The van der Waals surface area contributed by atoms with Crippen LogP contribution in [0.3, 0.4) is 0 Å². The SMILES string of the molecule is COC[C@H](C)NCc1ccc(C)cc1. The predicted octanol–water partition coefficient (Wildman–Crippen LogP) is 2.12. The van der Waals surface area contributed by atoms with E-state index < -0.39 is 0 Å². The van der Waals surface area contributed by atoms with Crippen LogP contribution in [0.4, 0.5) is 0 Å². The van der Waals surface area contributed by atoms with E-state index in [0.717, 1.165) is 13.2 Å². The fourth-order valence-electron chi connectivity index (χ4n) is 1.31. The van der Waals surface area contributed by atoms with Crippen molar-refractivity contribution in [3.05, 3.63) is 35.4 Å². The van der Waals surface area contributed by atoms with Gasteiger partial charge in [-0.15, -0.1) is 0 Å². The maximum absolute atomic E-state index is 5.05. The lowest BCUT2D eigenvalue weighted by Crippen LogP contribution is -2.29. The number of hydrogen-bond donors (Lipinski definition) is 1. The third-order valence-corrected chi connectivity index (χ3v) is 2.19. The van der Waals surface area contributed by atoms with E-state index in [4.69, 9.17) is 4.74 Å². The molecule has 0 heterocycles. The van der Waals surface area contributed by atoms with Crippen LogP contribution < -0.4 is 5.32 Å². The fraction of sp³-hybridized carbons (Fsp3) is 0.500. The van der Waals surface area contributed by atoms with Crippen LogP contribution in [-0.4, -0.2) is 19.8 Å². The first-order valence-corrected chi connectivity index (χ1v) is 5.00. The standard InChI is InChI=1S/C12H19NO/c1-10-4-6-12(7-5-10)8-13-11(2)9-14-3/h4-7,11,13H,8-9H2,1-3H3/t11-/m0/s1. The first-order valence-electron chi connectivity index (χ1n) is 5.00. The molecular formula is C12H19NO. The van der Waals surface area contributed by atoms with E-state index in [2.05, 4.69) is 43.4 Å². The minimum atomic E-state index is 0.404. The largest absolute Gasteiger partial charge is 0.383 e. The van der Waals surface area contributed by atoms with Gasteiger partial charge in [0.1, 0.15) is 0 Å². The van der Waals surface area contributed by atoms with Gasteiger partial charge in [-0.05, 0) is 19.4 Å². The Morgan fingerprint density at radius 1 is 1.29 bits per heavy atom. The third-order valence-electron chi connectivity index (χ3n) is 2.19. The molecule has 2 heteroatoms. The van der Waals surface area contributed by atoms with Gasteiger partial charge in [0.05, 0.1) is 6.61 Å². The molecule has 1 aromatic rings. The number of hydrogen-bond acceptors (Lipinski definition) is 2. The number of nitrogens with one attached hydrogen (secondary N) is 1. The highest BCUT2D eigenvalue weighted by atomic mass is 16.5. The Bertz CT molecular complexity index is 256. The Kier molecular flexibility index (Phi) is 4.63. The van der Waals surface area contributed by atoms with Crippen molar-refractivity contribution in [2.45, 2.75) is 26.4 Å². The summed E-state index contributed by atoms with van der Waals surface area (Å²) >= 11 is 0. The molecule has 1 atom stereocenters. The quantitative estimate of drug-likeness (QED) is 0.773. The van der Waals surface area contributed by atoms with Gasteiger partial charge in [-0.1, -0.05) is 29.8 Å². The van der Waals surface area contributed by atoms with Gasteiger partial charge >= 0.3 is 0 Å². The van der Waals surface area contributed by atoms with E-state index in [1.807, 2.05) is 0 Å². The van der Waals surface area contributed by atoms with Gasteiger partial charge in [0.2, 0.25) is 0 Å². The van der Waals surface area contributed by atoms with Crippen molar-refractivity contribution >= 4 is 0 Å². The second-order valence-corrected chi connectivity index (χ2v) is 3.72. The fourth-order valence-corrected chi connectivity index (χ4v) is 1.31. The second-order valence-electron chi connectivity index (χ2n) is 3.72. The summed E-state index contributed by atoms with van der Waals surface area (Å²) in [7, 11) is 1.73. The zero-order valence-electron chi connectivity index (χ0n) is 9.21. The van der Waals surface area contributed by atoms with Crippen molar-refractivity contribution in [3.63, 3.8) is 0 Å². The van der Waals surface area contributed by atoms with Gasteiger partial charge in [0, 0.05) is 19.7 Å². The Morgan fingerprint density at radius 2 is 1.93 bits per heavy atom. The molecule has 0 amide bonds. The van der Waals surface area contributed by atoms with Gasteiger partial charge in [-0.2, -0.15) is 0 Å². The van der Waals surface area contributed by atoms with Crippen LogP contribution in [0.1, 0.15) is 18.1 Å². The summed E-state index contributed by atoms with van der Waals surface area (Å²) in [5, 5.41) is 3.39. The van der Waals surface area contributed by atoms with E-state index in [0.29, 0.717) is 6.04 Å². The molecule has 0 radical (unpaired) electrons. The zero-order chi connectivity index (χ0) is 10.4. The van der Waals surface area contributed by atoms with Crippen LogP contribution in [0.2, 0.25) is 0 Å². The summed E-state index contributed by atoms with van der Waals surface area (Å²) in [4.78, 5) is 0. The average Bonchev–Trinajstić information content (AvgIpc) is 2.17. The third kappa shape index (κ3) is 3.90. The molecule has 0 saturated heterocycles. The van der Waals surface area contributed by atoms with Crippen LogP contribution in [0.15, 0.2) is 24.3 Å². The predicted molar refractivity (Wildman–Crippen MR) is 59.4 cm³/mol. The second kappa shape index (κ2) is 5.78. The molecule has 14 heavy (non-hydrogen) atoms. The van der Waals surface area contributed by atoms with Gasteiger partial charge in [0.25, 0.3) is 0 Å². The summed E-state index contributed by atoms with van der Waals surface area (Å²) in [5.74, 6) is 0. The molecule has 0 bridgehead atoms. The average molecular weight is 193 g/mol. The van der Waals surface area contributed by atoms with E-state index in [9.17, 15) is 0 Å². The van der Waals surface area contributed by atoms with Crippen molar-refractivity contribution in [2.24, 2.45) is 0 Å². The molecule has 2 nitrogen and oxygen atoms in total. The van der Waals surface area contributed by atoms with Crippen LogP contribution in [0.5, 0.6) is 0 Å². The van der Waals surface area contributed by atoms with Crippen LogP contribution in [0.25, 0.3) is 0 Å². The first kappa shape index (κ1) is 11.2. The molecule has 0 aliphatic rings. The number of methoxy groups -OCH3 is 1. The van der Waals surface area contributed by atoms with Gasteiger partial charge in [0.15, 0.2) is 0 Å². The Labute approximate surface area is 86.3 Å². The normalized spacial score (nSPS) is 12.8. The van der Waals surface area contributed by atoms with Crippen molar-refractivity contribution in [1.29, 1.82) is 0 Å². The Balaban J connectivity index is 2.34. The van der Waals surface area contributed by atoms with Crippen LogP contribution in [0, 0.1) is 6.92 Å². The van der Waals surface area contributed by atoms with E-state index >= 15 is 0 Å². The van der Waals surface area contributed by atoms with Crippen LogP contribution in [-0.2, 0) is 11.3 Å². The highest BCUT2D eigenvalue weighted by Crippen LogP contribution is 2.02. The summed E-state index contributed by atoms with van der Waals surface area (Å²) in [6, 6.07) is 8.99. The van der Waals surface area contributed by atoms with Crippen molar-refractivity contribution in [2.75, 3.05) is 13.7 Å². The smallest absolute Gasteiger partial charge is 0.0613 e. The summed E-state index contributed by atoms with van der Waals surface area (Å²) < 4.78 is 5.05. The highest BCUT2D eigenvalue weighted by molar-refractivity contribution is 5.21. The minimum absolute atomic E-state index is 0.404. The minimum Gasteiger partial charge on any atom is -0.383 e. The number of ether oxygens (including phenoxy) is 1. The molecule has 0 fully saturated rings. The lowest BCUT2D eigenvalue weighted by atomic mass is 10.1. The number of benzene rings is 1. The summed E-state index contributed by atoms with van der Waals surface area (Å²) in [5.41, 5.74) is 2.62. The monoisotopic (exact) mass is 193 g/mol. The van der Waals surface area contributed by atoms with Crippen LogP contribution >= 0.6 is 0 Å². The van der Waals surface area contributed by atoms with Crippen molar-refractivity contribution in [1.82, 2.24) is 5.32 Å². The Hall–Kier alpha value is -0.860. The maximum atomic E-state index is 5.05. The van der Waals surface area contributed by atoms with Gasteiger partial charge in [-0.25, -0.2) is 0 Å². The molecule has 0 aromatic heterocycles. The maximum Gasteiger partial charge on any atom is 0.0613 e. The molecule has 0 aliphatic carbocycles. The number of aryl methyl sites for hydroxylation is 1. The molecule has 0 saturated carbocycles. The number of rotatable bonds is 5. The molecule has 78 valence electrons. The van der Waals surface area contributed by atoms with Crippen molar-refractivity contribution < 1.29 is 4.74 Å². The molecule has 1 rings (SSSR count). The van der Waals surface area contributed by atoms with E-state index in [1.165, 1.54) is 11.1 Å². The molecule has 0 unspecified atom stereocenters. The molecule has 1 N–H and O–H groups in total. The molecule has 1 aromatic carbocycles. The lowest BCUT2D eigenvalue weighted by Gasteiger charge is -2.12. The molecular weight excluding hydrogens is 174 g/mol. The van der Waals surface area contributed by atoms with Crippen molar-refractivity contribution in [3.8, 4) is 0 Å². The Morgan fingerprint density at radius 3 is 2.50 bits per heavy atom. The van der Waals surface area contributed by atoms with Gasteiger partial charge in [-0.3, -0.25) is 0 Å². The van der Waals surface area contributed by atoms with E-state index in [1.54, 1.807) is 7.11 Å². The molecule has 0 aliphatic heterocycles. The zero-order valence-corrected chi connectivity index (χ0v) is 9.21. The summed E-state index contributed by atoms with van der Waals surface area (Å²) in [6.07, 6.45) is 0. The summed E-state index contributed by atoms with van der Waals surface area (Å²) in [6.45, 7) is 5.89. The highest BCUT2D eigenvalue weighted by Gasteiger charge is 1.99. The molecule has 0 spiro atoms. The topological polar surface area (TPSA) is 21.3 Å². The first-order chi connectivity index (χ1) is 6.72. The van der Waals surface area contributed by atoms with E-state index in [-0.39, 0.29) is 0 Å². The lowest BCUT2D eigenvalue weighted by molar-refractivity contribution is 0.171. The van der Waals surface area contributed by atoms with Gasteiger partial charge < -0.3 is 10.1 Å².